The van der Waals surface area contributed by atoms with Crippen molar-refractivity contribution in [3.8, 4) is 56.4 Å². The van der Waals surface area contributed by atoms with Crippen LogP contribution in [0.3, 0.4) is 0 Å². The Labute approximate surface area is 469 Å². The Morgan fingerprint density at radius 2 is 0.838 bits per heavy atom. The van der Waals surface area contributed by atoms with Gasteiger partial charge in [-0.1, -0.05) is 196 Å². The van der Waals surface area contributed by atoms with Crippen LogP contribution in [-0.2, 0) is 9.31 Å². The van der Waals surface area contributed by atoms with Gasteiger partial charge in [-0.25, -0.2) is 19.9 Å². The first-order chi connectivity index (χ1) is 35.9. The van der Waals surface area contributed by atoms with Crippen LogP contribution < -0.4 is 5.46 Å². The summed E-state index contributed by atoms with van der Waals surface area (Å²) in [5.74, 6) is 1.47. The van der Waals surface area contributed by atoms with E-state index in [0.717, 1.165) is 85.5 Å². The molecule has 1 fully saturated rings. The van der Waals surface area contributed by atoms with Gasteiger partial charge >= 0.3 is 7.12 Å². The molecule has 74 heavy (non-hydrogen) atoms. The summed E-state index contributed by atoms with van der Waals surface area (Å²) in [5, 5.41) is 2.34. The highest BCUT2D eigenvalue weighted by atomic mass is 127. The molecule has 13 rings (SSSR count). The molecule has 1 aliphatic rings. The molecule has 12 aromatic rings. The highest BCUT2D eigenvalue weighted by Crippen LogP contribution is 2.42. The van der Waals surface area contributed by atoms with Crippen LogP contribution in [0.2, 0.25) is 0 Å². The van der Waals surface area contributed by atoms with Crippen molar-refractivity contribution in [3.63, 3.8) is 0 Å². The topological polar surface area (TPSA) is 70.0 Å². The molecule has 0 unspecified atom stereocenters. The van der Waals surface area contributed by atoms with Crippen molar-refractivity contribution in [2.45, 2.75) is 38.9 Å². The fraction of sp³-hybridized carbons (Fsp3) is 0.0968. The number of halogens is 3. The molecule has 0 amide bonds. The number of thiophene rings is 2. The smallest absolute Gasteiger partial charge is 0.399 e. The molecule has 6 nitrogen and oxygen atoms in total. The number of rotatable bonds is 6. The average molecular weight is 1240 g/mol. The zero-order chi connectivity index (χ0) is 51.0. The highest BCUT2D eigenvalue weighted by Gasteiger charge is 2.51. The second-order valence-corrected chi connectivity index (χ2v) is 24.0. The van der Waals surface area contributed by atoms with E-state index < -0.39 is 0 Å². The summed E-state index contributed by atoms with van der Waals surface area (Å²) in [4.78, 5) is 20.1. The van der Waals surface area contributed by atoms with E-state index >= 15 is 0 Å². The van der Waals surface area contributed by atoms with Gasteiger partial charge in [0.2, 0.25) is 0 Å². The number of fused-ring (bicyclic) bond motifs is 6. The average Bonchev–Trinajstić information content (AvgIpc) is 4.06. The Balaban J connectivity index is 0.000000138. The van der Waals surface area contributed by atoms with Gasteiger partial charge in [-0.2, -0.15) is 0 Å². The third kappa shape index (κ3) is 10.5. The second-order valence-electron chi connectivity index (χ2n) is 18.8. The van der Waals surface area contributed by atoms with E-state index in [1.54, 1.807) is 22.7 Å². The molecule has 1 aliphatic heterocycles. The van der Waals surface area contributed by atoms with E-state index in [0.29, 0.717) is 0 Å². The SMILES string of the molecule is Brc1cccc(-c2ccc(-c3nc(-c4ccccc4)c4sc5ccccc5c4n3)cc2)c1.Brc1cccc(I)c1.CC1(C)OB(c2ccc(-c3nc(-c4ccccc4)c4sc5ccccc5c4n3)cc2)OC1(C)C. The summed E-state index contributed by atoms with van der Waals surface area (Å²) in [7, 11) is -0.386. The predicted octanol–water partition coefficient (Wildman–Crippen LogP) is 18.1. The van der Waals surface area contributed by atoms with Crippen LogP contribution >= 0.6 is 77.1 Å². The molecule has 4 aromatic heterocycles. The van der Waals surface area contributed by atoms with Gasteiger partial charge in [0.15, 0.2) is 11.6 Å². The fourth-order valence-electron chi connectivity index (χ4n) is 8.73. The van der Waals surface area contributed by atoms with Crippen LogP contribution in [0.4, 0.5) is 0 Å². The normalized spacial score (nSPS) is 13.7. The maximum Gasteiger partial charge on any atom is 0.494 e. The first kappa shape index (κ1) is 50.2. The number of hydrogen-bond acceptors (Lipinski definition) is 8. The van der Waals surface area contributed by atoms with Crippen LogP contribution in [0.15, 0.2) is 215 Å². The van der Waals surface area contributed by atoms with Crippen LogP contribution in [0.5, 0.6) is 0 Å². The molecule has 12 heteroatoms. The van der Waals surface area contributed by atoms with Crippen molar-refractivity contribution >= 4 is 130 Å². The Hall–Kier alpha value is -5.97. The zero-order valence-electron chi connectivity index (χ0n) is 40.8. The summed E-state index contributed by atoms with van der Waals surface area (Å²) >= 11 is 12.7. The Morgan fingerprint density at radius 1 is 0.419 bits per heavy atom. The molecule has 0 atom stereocenters. The van der Waals surface area contributed by atoms with Gasteiger partial charge in [-0.3, -0.25) is 0 Å². The maximum absolute atomic E-state index is 6.22. The van der Waals surface area contributed by atoms with Crippen molar-refractivity contribution in [2.75, 3.05) is 0 Å². The van der Waals surface area contributed by atoms with Gasteiger partial charge in [-0.15, -0.1) is 22.7 Å². The fourth-order valence-corrected chi connectivity index (χ4v) is 12.8. The molecule has 362 valence electrons. The van der Waals surface area contributed by atoms with Crippen molar-refractivity contribution in [1.29, 1.82) is 0 Å². The van der Waals surface area contributed by atoms with Crippen LogP contribution in [0, 0.1) is 3.57 Å². The number of benzene rings is 8. The first-order valence-electron chi connectivity index (χ1n) is 24.1. The summed E-state index contributed by atoms with van der Waals surface area (Å²) in [6.45, 7) is 8.28. The molecule has 8 aromatic carbocycles. The molecule has 5 heterocycles. The van der Waals surface area contributed by atoms with Crippen molar-refractivity contribution in [3.05, 3.63) is 219 Å². The molecule has 0 saturated carbocycles. The van der Waals surface area contributed by atoms with Gasteiger partial charge in [-0.05, 0) is 109 Å². The summed E-state index contributed by atoms with van der Waals surface area (Å²) in [6, 6.07) is 70.9. The standard InChI is InChI=1S/C28H25BN2O2S.C28H17BrN2S.C6H4BrI/c1-27(2)28(3,4)33-29(32-27)20-16-14-19(15-17-20)26-30-23(18-10-6-5-7-11-18)25-24(31-26)21-12-8-9-13-22(21)34-25;29-22-10-6-9-21(17-22)18-13-15-20(16-14-18)28-30-25(19-7-2-1-3-8-19)27-26(31-28)23-11-4-5-12-24(23)32-27;7-5-2-1-3-6(8)4-5/h5-17H,1-4H3;1-17H;1-4H. The number of nitrogens with zero attached hydrogens (tertiary/aromatic N) is 4. The van der Waals surface area contributed by atoms with E-state index in [2.05, 4.69) is 258 Å². The lowest BCUT2D eigenvalue weighted by Gasteiger charge is -2.32. The summed E-state index contributed by atoms with van der Waals surface area (Å²) < 4.78 is 20.6. The van der Waals surface area contributed by atoms with Gasteiger partial charge in [0.1, 0.15) is 0 Å². The van der Waals surface area contributed by atoms with E-state index in [1.807, 2.05) is 30.3 Å². The molecule has 0 bridgehead atoms. The van der Waals surface area contributed by atoms with Crippen LogP contribution in [0.1, 0.15) is 27.7 Å². The third-order valence-electron chi connectivity index (χ3n) is 13.3. The molecule has 0 radical (unpaired) electrons. The van der Waals surface area contributed by atoms with Crippen molar-refractivity contribution in [2.24, 2.45) is 0 Å². The lowest BCUT2D eigenvalue weighted by atomic mass is 9.79. The van der Waals surface area contributed by atoms with E-state index in [1.165, 1.54) is 29.5 Å². The molecule has 0 aliphatic carbocycles. The molecule has 0 N–H and O–H groups in total. The quantitative estimate of drug-likeness (QED) is 0.122. The minimum atomic E-state index is -0.386. The number of aromatic nitrogens is 4. The predicted molar refractivity (Wildman–Crippen MR) is 327 cm³/mol. The van der Waals surface area contributed by atoms with Crippen LogP contribution in [-0.4, -0.2) is 38.3 Å². The summed E-state index contributed by atoms with van der Waals surface area (Å²) in [6.07, 6.45) is 0. The van der Waals surface area contributed by atoms with E-state index in [9.17, 15) is 0 Å². The zero-order valence-corrected chi connectivity index (χ0v) is 47.7. The molecular formula is C62H46BBr2IN4O2S2. The van der Waals surface area contributed by atoms with Gasteiger partial charge in [0, 0.05) is 54.9 Å². The Morgan fingerprint density at radius 3 is 1.30 bits per heavy atom. The van der Waals surface area contributed by atoms with Gasteiger partial charge in [0.05, 0.1) is 43.0 Å². The minimum Gasteiger partial charge on any atom is -0.399 e. The lowest BCUT2D eigenvalue weighted by Crippen LogP contribution is -2.41. The van der Waals surface area contributed by atoms with Crippen molar-refractivity contribution in [1.82, 2.24) is 19.9 Å². The minimum absolute atomic E-state index is 0.366. The van der Waals surface area contributed by atoms with Crippen molar-refractivity contribution < 1.29 is 9.31 Å². The summed E-state index contributed by atoms with van der Waals surface area (Å²) in [5.41, 5.74) is 10.8. The van der Waals surface area contributed by atoms with E-state index in [4.69, 9.17) is 29.2 Å². The first-order valence-corrected chi connectivity index (χ1v) is 28.4. The second kappa shape index (κ2) is 21.3. The highest BCUT2D eigenvalue weighted by molar-refractivity contribution is 14.1. The maximum atomic E-state index is 6.22. The molecule has 0 spiro atoms. The van der Waals surface area contributed by atoms with Gasteiger partial charge < -0.3 is 9.31 Å². The van der Waals surface area contributed by atoms with Crippen LogP contribution in [0.25, 0.3) is 97.0 Å². The lowest BCUT2D eigenvalue weighted by molar-refractivity contribution is 0.00578. The largest absolute Gasteiger partial charge is 0.494 e. The molecule has 1 saturated heterocycles. The Kier molecular flexibility index (Phi) is 14.5. The number of hydrogen-bond donors (Lipinski definition) is 0. The Bertz CT molecular complexity index is 3930. The van der Waals surface area contributed by atoms with Gasteiger partial charge in [0.25, 0.3) is 0 Å². The van der Waals surface area contributed by atoms with E-state index in [-0.39, 0.29) is 18.3 Å². The third-order valence-corrected chi connectivity index (χ3v) is 17.3. The molecular weight excluding hydrogens is 1190 g/mol. The monoisotopic (exact) mass is 1240 g/mol.